The molecule has 1 nitrogen and oxygen atoms in total. The summed E-state index contributed by atoms with van der Waals surface area (Å²) in [6.07, 6.45) is 9.64. The molecule has 0 saturated heterocycles. The second kappa shape index (κ2) is 8.18. The Labute approximate surface area is 141 Å². The quantitative estimate of drug-likeness (QED) is 0.420. The van der Waals surface area contributed by atoms with Gasteiger partial charge in [0.05, 0.1) is 0 Å². The number of rotatable bonds is 11. The maximum Gasteiger partial charge on any atom is 0.0243 e. The van der Waals surface area contributed by atoms with Crippen LogP contribution in [0.4, 0.5) is 0 Å². The van der Waals surface area contributed by atoms with Crippen molar-refractivity contribution in [3.05, 3.63) is 0 Å². The van der Waals surface area contributed by atoms with Crippen LogP contribution in [0.25, 0.3) is 0 Å². The van der Waals surface area contributed by atoms with E-state index in [2.05, 4.69) is 60.3 Å². The van der Waals surface area contributed by atoms with E-state index in [1.807, 2.05) is 0 Å². The summed E-state index contributed by atoms with van der Waals surface area (Å²) >= 11 is 0. The first-order valence-electron chi connectivity index (χ1n) is 10.1. The Bertz CT molecular complexity index is 324. The lowest BCUT2D eigenvalue weighted by atomic mass is 9.71. The fraction of sp³-hybridized carbons (Fsp3) is 1.00. The largest absolute Gasteiger partial charge is 0.295 e. The van der Waals surface area contributed by atoms with Gasteiger partial charge in [0.15, 0.2) is 0 Å². The van der Waals surface area contributed by atoms with Gasteiger partial charge in [0, 0.05) is 11.6 Å². The minimum atomic E-state index is 0.385. The van der Waals surface area contributed by atoms with Gasteiger partial charge in [0.2, 0.25) is 0 Å². The van der Waals surface area contributed by atoms with Crippen LogP contribution in [-0.2, 0) is 0 Å². The highest BCUT2D eigenvalue weighted by molar-refractivity contribution is 5.17. The molecule has 1 aliphatic carbocycles. The van der Waals surface area contributed by atoms with Crippen molar-refractivity contribution in [1.29, 1.82) is 0 Å². The molecule has 0 aliphatic heterocycles. The van der Waals surface area contributed by atoms with E-state index in [4.69, 9.17) is 0 Å². The molecule has 0 N–H and O–H groups in total. The summed E-state index contributed by atoms with van der Waals surface area (Å²) in [7, 11) is 0. The molecule has 1 rings (SSSR count). The second-order valence-corrected chi connectivity index (χ2v) is 8.36. The van der Waals surface area contributed by atoms with Gasteiger partial charge in [-0.1, -0.05) is 60.3 Å². The lowest BCUT2D eigenvalue weighted by molar-refractivity contribution is -0.0128. The monoisotopic (exact) mass is 309 g/mol. The summed E-state index contributed by atoms with van der Waals surface area (Å²) < 4.78 is 0. The van der Waals surface area contributed by atoms with Gasteiger partial charge in [-0.2, -0.15) is 0 Å². The summed E-state index contributed by atoms with van der Waals surface area (Å²) in [6.45, 7) is 20.6. The first kappa shape index (κ1) is 20.0. The first-order chi connectivity index (χ1) is 10.3. The molecule has 0 aromatic heterocycles. The van der Waals surface area contributed by atoms with E-state index >= 15 is 0 Å². The highest BCUT2D eigenvalue weighted by Gasteiger charge is 2.65. The van der Waals surface area contributed by atoms with E-state index in [1.54, 1.807) is 0 Å². The predicted molar refractivity (Wildman–Crippen MR) is 100 cm³/mol. The summed E-state index contributed by atoms with van der Waals surface area (Å²) in [4.78, 5) is 2.83. The highest BCUT2D eigenvalue weighted by Crippen LogP contribution is 2.68. The van der Waals surface area contributed by atoms with Crippen LogP contribution >= 0.6 is 0 Å². The van der Waals surface area contributed by atoms with E-state index in [1.165, 1.54) is 51.5 Å². The zero-order valence-electron chi connectivity index (χ0n) is 16.8. The van der Waals surface area contributed by atoms with Crippen LogP contribution in [-0.4, -0.2) is 23.0 Å². The Kier molecular flexibility index (Phi) is 7.43. The van der Waals surface area contributed by atoms with Crippen molar-refractivity contribution >= 4 is 0 Å². The number of nitrogens with zero attached hydrogens (tertiary/aromatic N) is 1. The van der Waals surface area contributed by atoms with Crippen molar-refractivity contribution < 1.29 is 0 Å². The predicted octanol–water partition coefficient (Wildman–Crippen LogP) is 6.52. The molecular weight excluding hydrogens is 266 g/mol. The third-order valence-electron chi connectivity index (χ3n) is 6.85. The molecule has 0 bridgehead atoms. The average molecular weight is 310 g/mol. The molecule has 4 atom stereocenters. The smallest absolute Gasteiger partial charge is 0.0243 e. The van der Waals surface area contributed by atoms with Crippen molar-refractivity contribution in [2.45, 2.75) is 112 Å². The molecule has 0 amide bonds. The average Bonchev–Trinajstić information content (AvgIpc) is 3.21. The summed E-state index contributed by atoms with van der Waals surface area (Å²) in [5.41, 5.74) is 0.961. The van der Waals surface area contributed by atoms with Crippen molar-refractivity contribution in [2.24, 2.45) is 17.3 Å². The number of hydrogen-bond acceptors (Lipinski definition) is 1. The summed E-state index contributed by atoms with van der Waals surface area (Å²) in [5.74, 6) is 1.84. The molecule has 1 saturated carbocycles. The molecule has 0 radical (unpaired) electrons. The molecule has 0 heterocycles. The van der Waals surface area contributed by atoms with Crippen LogP contribution in [0, 0.1) is 17.3 Å². The van der Waals surface area contributed by atoms with E-state index in [-0.39, 0.29) is 0 Å². The lowest BCUT2D eigenvalue weighted by Gasteiger charge is -2.51. The van der Waals surface area contributed by atoms with Gasteiger partial charge in [0.25, 0.3) is 0 Å². The zero-order valence-corrected chi connectivity index (χ0v) is 16.8. The molecule has 1 heteroatoms. The molecule has 0 aromatic rings. The van der Waals surface area contributed by atoms with Gasteiger partial charge < -0.3 is 0 Å². The minimum Gasteiger partial charge on any atom is -0.295 e. The minimum absolute atomic E-state index is 0.385. The topological polar surface area (TPSA) is 3.24 Å². The Morgan fingerprint density at radius 1 is 1.09 bits per heavy atom. The van der Waals surface area contributed by atoms with Crippen LogP contribution in [0.1, 0.15) is 100 Å². The van der Waals surface area contributed by atoms with Crippen molar-refractivity contribution in [2.75, 3.05) is 6.54 Å². The normalized spacial score (nSPS) is 28.9. The molecule has 1 fully saturated rings. The third-order valence-corrected chi connectivity index (χ3v) is 6.85. The molecule has 0 aromatic carbocycles. The summed E-state index contributed by atoms with van der Waals surface area (Å²) in [6, 6.07) is 0.652. The molecular formula is C21H43N. The maximum absolute atomic E-state index is 2.83. The van der Waals surface area contributed by atoms with E-state index in [0.29, 0.717) is 17.0 Å². The van der Waals surface area contributed by atoms with Gasteiger partial charge in [-0.15, -0.1) is 0 Å². The number of hydrogen-bond donors (Lipinski definition) is 0. The van der Waals surface area contributed by atoms with Crippen molar-refractivity contribution in [3.63, 3.8) is 0 Å². The van der Waals surface area contributed by atoms with Gasteiger partial charge in [0.1, 0.15) is 0 Å². The molecule has 22 heavy (non-hydrogen) atoms. The standard InChI is InChI=1S/C21H43N/c1-9-13-15-20(8,22(12-4)17(5)6)21(14-10-2)16-19(21)18(7)11-3/h17-19H,9-16H2,1-8H3/t18-,19?,20?,21-/m1/s1. The zero-order chi connectivity index (χ0) is 17.0. The Balaban J connectivity index is 3.16. The maximum atomic E-state index is 2.83. The van der Waals surface area contributed by atoms with E-state index in [0.717, 1.165) is 11.8 Å². The third kappa shape index (κ3) is 3.55. The van der Waals surface area contributed by atoms with E-state index in [9.17, 15) is 0 Å². The fourth-order valence-corrected chi connectivity index (χ4v) is 5.47. The number of unbranched alkanes of at least 4 members (excludes halogenated alkanes) is 1. The van der Waals surface area contributed by atoms with Crippen LogP contribution in [0.15, 0.2) is 0 Å². The molecule has 1 aliphatic rings. The van der Waals surface area contributed by atoms with Crippen LogP contribution in [0.5, 0.6) is 0 Å². The van der Waals surface area contributed by atoms with E-state index < -0.39 is 0 Å². The molecule has 132 valence electrons. The van der Waals surface area contributed by atoms with Crippen LogP contribution in [0.2, 0.25) is 0 Å². The SMILES string of the molecule is CCCCC(C)(N(CC)C(C)C)[C@]1(CCC)CC1[C@H](C)CC. The Morgan fingerprint density at radius 2 is 1.73 bits per heavy atom. The lowest BCUT2D eigenvalue weighted by Crippen LogP contribution is -2.56. The Morgan fingerprint density at radius 3 is 2.14 bits per heavy atom. The van der Waals surface area contributed by atoms with Crippen molar-refractivity contribution in [3.8, 4) is 0 Å². The first-order valence-corrected chi connectivity index (χ1v) is 10.1. The molecule has 0 spiro atoms. The van der Waals surface area contributed by atoms with Crippen molar-refractivity contribution in [1.82, 2.24) is 4.90 Å². The van der Waals surface area contributed by atoms with Crippen LogP contribution in [0.3, 0.4) is 0 Å². The van der Waals surface area contributed by atoms with Crippen LogP contribution < -0.4 is 0 Å². The molecule has 2 unspecified atom stereocenters. The second-order valence-electron chi connectivity index (χ2n) is 8.36. The van der Waals surface area contributed by atoms with Gasteiger partial charge in [-0.3, -0.25) is 4.90 Å². The van der Waals surface area contributed by atoms with Gasteiger partial charge in [-0.05, 0) is 63.8 Å². The summed E-state index contributed by atoms with van der Waals surface area (Å²) in [5, 5.41) is 0. The van der Waals surface area contributed by atoms with Gasteiger partial charge >= 0.3 is 0 Å². The fourth-order valence-electron chi connectivity index (χ4n) is 5.47. The Hall–Kier alpha value is -0.0400. The van der Waals surface area contributed by atoms with Gasteiger partial charge in [-0.25, -0.2) is 0 Å². The highest BCUT2D eigenvalue weighted by atomic mass is 15.2.